The Morgan fingerprint density at radius 1 is 0.929 bits per heavy atom. The molecule has 3 aromatic carbocycles. The van der Waals surface area contributed by atoms with Crippen molar-refractivity contribution in [1.29, 1.82) is 0 Å². The Bertz CT molecular complexity index is 1720. The van der Waals surface area contributed by atoms with E-state index in [2.05, 4.69) is 71.0 Å². The summed E-state index contributed by atoms with van der Waals surface area (Å²) in [5, 5.41) is 1.61. The van der Waals surface area contributed by atoms with Gasteiger partial charge in [-0.15, -0.1) is 0 Å². The Kier molecular flexibility index (Phi) is 7.25. The molecule has 4 aromatic rings. The maximum Gasteiger partial charge on any atom is 0.244 e. The number of aryl methyl sites for hydroxylation is 2. The molecule has 2 saturated heterocycles. The highest BCUT2D eigenvalue weighted by atomic mass is 35.5. The lowest BCUT2D eigenvalue weighted by Crippen LogP contribution is -2.47. The van der Waals surface area contributed by atoms with Crippen molar-refractivity contribution in [2.75, 3.05) is 20.1 Å². The SMILES string of the molecule is Cc1cc2ccccc2n1C1C[C@H]2CC[C@@H](C1)N2CC[C@]1(CN(C)S(=O)(=O)c2ccccc2Cl)CCc2ccccc21. The fourth-order valence-electron chi connectivity index (χ4n) is 8.56. The molecule has 220 valence electrons. The number of sulfonamides is 1. The smallest absolute Gasteiger partial charge is 0.244 e. The predicted molar refractivity (Wildman–Crippen MR) is 171 cm³/mol. The van der Waals surface area contributed by atoms with Gasteiger partial charge in [-0.05, 0) is 99.2 Å². The Labute approximate surface area is 255 Å². The second kappa shape index (κ2) is 10.8. The van der Waals surface area contributed by atoms with E-state index in [0.29, 0.717) is 24.7 Å². The minimum absolute atomic E-state index is 0.184. The summed E-state index contributed by atoms with van der Waals surface area (Å²) in [7, 11) is -2.00. The van der Waals surface area contributed by atoms with Crippen LogP contribution in [0.2, 0.25) is 5.02 Å². The van der Waals surface area contributed by atoms with E-state index < -0.39 is 10.0 Å². The van der Waals surface area contributed by atoms with Crippen LogP contribution in [0.25, 0.3) is 10.9 Å². The molecular formula is C35H40ClN3O2S. The number of aromatic nitrogens is 1. The molecular weight excluding hydrogens is 562 g/mol. The monoisotopic (exact) mass is 601 g/mol. The lowest BCUT2D eigenvalue weighted by molar-refractivity contribution is 0.0951. The fourth-order valence-corrected chi connectivity index (χ4v) is 10.3. The van der Waals surface area contributed by atoms with Crippen LogP contribution in [-0.4, -0.2) is 54.4 Å². The summed E-state index contributed by atoms with van der Waals surface area (Å²) in [6.07, 6.45) is 7.78. The summed E-state index contributed by atoms with van der Waals surface area (Å²) in [5.74, 6) is 0. The standard InChI is InChI=1S/C35H40ClN3O2S/c1-25-21-27-10-4-7-13-33(27)39(25)30-22-28-15-16-29(23-30)38(28)20-19-35(18-17-26-9-3-5-11-31(26)35)24-37(2)42(40,41)34-14-8-6-12-32(34)36/h3-14,21,28-30H,15-20,22-24H2,1-2H3/t28-,29+,30?,35-/m0/s1. The number of piperidine rings is 1. The summed E-state index contributed by atoms with van der Waals surface area (Å²) in [5.41, 5.74) is 5.18. The average molecular weight is 602 g/mol. The van der Waals surface area contributed by atoms with Gasteiger partial charge in [0.15, 0.2) is 0 Å². The summed E-state index contributed by atoms with van der Waals surface area (Å²) in [6.45, 7) is 3.71. The molecule has 0 spiro atoms. The Morgan fingerprint density at radius 3 is 2.40 bits per heavy atom. The molecule has 4 atom stereocenters. The molecule has 1 aliphatic carbocycles. The van der Waals surface area contributed by atoms with Crippen molar-refractivity contribution in [2.45, 2.75) is 80.3 Å². The molecule has 2 fully saturated rings. The quantitative estimate of drug-likeness (QED) is 0.212. The molecule has 1 unspecified atom stereocenters. The van der Waals surface area contributed by atoms with Gasteiger partial charge in [0.05, 0.1) is 5.02 Å². The van der Waals surface area contributed by atoms with Gasteiger partial charge in [-0.1, -0.05) is 66.2 Å². The van der Waals surface area contributed by atoms with Crippen LogP contribution in [-0.2, 0) is 21.9 Å². The molecule has 42 heavy (non-hydrogen) atoms. The zero-order chi connectivity index (χ0) is 29.1. The van der Waals surface area contributed by atoms with Crippen LogP contribution in [0.3, 0.4) is 0 Å². The first-order valence-electron chi connectivity index (χ1n) is 15.4. The first kappa shape index (κ1) is 28.1. The van der Waals surface area contributed by atoms with E-state index >= 15 is 0 Å². The van der Waals surface area contributed by atoms with Crippen molar-refractivity contribution in [3.05, 3.63) is 101 Å². The Balaban J connectivity index is 1.13. The molecule has 2 aliphatic heterocycles. The lowest BCUT2D eigenvalue weighted by atomic mass is 9.78. The molecule has 7 heteroatoms. The summed E-state index contributed by atoms with van der Waals surface area (Å²) >= 11 is 6.36. The van der Waals surface area contributed by atoms with Crippen molar-refractivity contribution in [2.24, 2.45) is 0 Å². The van der Waals surface area contributed by atoms with Gasteiger partial charge in [0.25, 0.3) is 0 Å². The highest BCUT2D eigenvalue weighted by Gasteiger charge is 2.45. The van der Waals surface area contributed by atoms with E-state index in [0.717, 1.165) is 25.8 Å². The number of likely N-dealkylation sites (N-methyl/N-ethyl adjacent to an activating group) is 1. The van der Waals surface area contributed by atoms with Crippen molar-refractivity contribution in [1.82, 2.24) is 13.8 Å². The summed E-state index contributed by atoms with van der Waals surface area (Å²) in [4.78, 5) is 2.96. The van der Waals surface area contributed by atoms with Crippen molar-refractivity contribution >= 4 is 32.5 Å². The second-order valence-electron chi connectivity index (χ2n) is 12.8. The van der Waals surface area contributed by atoms with Crippen LogP contribution in [0.5, 0.6) is 0 Å². The number of fused-ring (bicyclic) bond motifs is 4. The van der Waals surface area contributed by atoms with Gasteiger partial charge in [0.1, 0.15) is 4.90 Å². The van der Waals surface area contributed by atoms with Gasteiger partial charge < -0.3 is 4.57 Å². The van der Waals surface area contributed by atoms with Gasteiger partial charge in [-0.3, -0.25) is 4.90 Å². The topological polar surface area (TPSA) is 45.5 Å². The fraction of sp³-hybridized carbons (Fsp3) is 0.429. The molecule has 7 rings (SSSR count). The van der Waals surface area contributed by atoms with Crippen LogP contribution in [0.1, 0.15) is 61.4 Å². The van der Waals surface area contributed by atoms with Crippen molar-refractivity contribution in [3.8, 4) is 0 Å². The third-order valence-corrected chi connectivity index (χ3v) is 12.8. The summed E-state index contributed by atoms with van der Waals surface area (Å²) < 4.78 is 31.6. The average Bonchev–Trinajstić information content (AvgIpc) is 3.59. The lowest BCUT2D eigenvalue weighted by Gasteiger charge is -2.42. The van der Waals surface area contributed by atoms with Gasteiger partial charge >= 0.3 is 0 Å². The van der Waals surface area contributed by atoms with Gasteiger partial charge in [0, 0.05) is 48.3 Å². The Hall–Kier alpha value is -2.64. The molecule has 3 aliphatic rings. The maximum atomic E-state index is 13.7. The third kappa shape index (κ3) is 4.71. The number of rotatable bonds is 8. The zero-order valence-electron chi connectivity index (χ0n) is 24.5. The molecule has 5 nitrogen and oxygen atoms in total. The first-order chi connectivity index (χ1) is 20.3. The number of hydrogen-bond acceptors (Lipinski definition) is 3. The largest absolute Gasteiger partial charge is 0.342 e. The van der Waals surface area contributed by atoms with Crippen molar-refractivity contribution < 1.29 is 8.42 Å². The van der Waals surface area contributed by atoms with Crippen LogP contribution in [0.4, 0.5) is 0 Å². The van der Waals surface area contributed by atoms with Crippen LogP contribution >= 0.6 is 11.6 Å². The van der Waals surface area contributed by atoms with E-state index in [9.17, 15) is 8.42 Å². The van der Waals surface area contributed by atoms with Crippen LogP contribution in [0, 0.1) is 6.92 Å². The summed E-state index contributed by atoms with van der Waals surface area (Å²) in [6, 6.07) is 28.3. The normalized spacial score (nSPS) is 25.9. The molecule has 0 saturated carbocycles. The molecule has 3 heterocycles. The van der Waals surface area contributed by atoms with E-state index in [1.165, 1.54) is 53.4 Å². The van der Waals surface area contributed by atoms with E-state index in [1.807, 2.05) is 0 Å². The second-order valence-corrected chi connectivity index (χ2v) is 15.3. The molecule has 2 bridgehead atoms. The van der Waals surface area contributed by atoms with Gasteiger partial charge in [-0.2, -0.15) is 4.31 Å². The number of benzene rings is 3. The number of para-hydroxylation sites is 1. The third-order valence-electron chi connectivity index (χ3n) is 10.5. The zero-order valence-corrected chi connectivity index (χ0v) is 26.1. The maximum absolute atomic E-state index is 13.7. The molecule has 0 N–H and O–H groups in total. The van der Waals surface area contributed by atoms with Crippen LogP contribution < -0.4 is 0 Å². The highest BCUT2D eigenvalue weighted by molar-refractivity contribution is 7.89. The van der Waals surface area contributed by atoms with Crippen LogP contribution in [0.15, 0.2) is 83.8 Å². The number of hydrogen-bond donors (Lipinski definition) is 0. The van der Waals surface area contributed by atoms with Gasteiger partial charge in [0.2, 0.25) is 10.0 Å². The Morgan fingerprint density at radius 2 is 1.62 bits per heavy atom. The molecule has 0 amide bonds. The molecule has 0 radical (unpaired) electrons. The minimum atomic E-state index is -3.72. The minimum Gasteiger partial charge on any atom is -0.342 e. The van der Waals surface area contributed by atoms with Crippen molar-refractivity contribution in [3.63, 3.8) is 0 Å². The number of nitrogens with zero attached hydrogens (tertiary/aromatic N) is 3. The highest BCUT2D eigenvalue weighted by Crippen LogP contribution is 2.46. The molecule has 1 aromatic heterocycles. The van der Waals surface area contributed by atoms with E-state index in [4.69, 9.17) is 11.6 Å². The van der Waals surface area contributed by atoms with Gasteiger partial charge in [-0.25, -0.2) is 8.42 Å². The first-order valence-corrected chi connectivity index (χ1v) is 17.2. The predicted octanol–water partition coefficient (Wildman–Crippen LogP) is 7.37. The van der Waals surface area contributed by atoms with E-state index in [-0.39, 0.29) is 15.3 Å². The van der Waals surface area contributed by atoms with E-state index in [1.54, 1.807) is 35.6 Å². The number of halogens is 1.